The van der Waals surface area contributed by atoms with Crippen LogP contribution in [0.4, 0.5) is 0 Å². The summed E-state index contributed by atoms with van der Waals surface area (Å²) >= 11 is 1.44. The van der Waals surface area contributed by atoms with Crippen molar-refractivity contribution < 1.29 is 17.7 Å². The van der Waals surface area contributed by atoms with E-state index in [1.54, 1.807) is 21.3 Å². The van der Waals surface area contributed by atoms with E-state index in [9.17, 15) is 0 Å². The highest BCUT2D eigenvalue weighted by Crippen LogP contribution is 2.26. The van der Waals surface area contributed by atoms with Crippen molar-refractivity contribution in [2.45, 2.75) is 5.22 Å². The predicted molar refractivity (Wildman–Crippen MR) is 71.5 cm³/mol. The van der Waals surface area contributed by atoms with Crippen LogP contribution in [-0.4, -0.2) is 40.5 Å². The molecule has 5 nitrogen and oxygen atoms in total. The molecule has 0 saturated carbocycles. The van der Waals surface area contributed by atoms with Gasteiger partial charge in [-0.3, -0.25) is 0 Å². The van der Waals surface area contributed by atoms with Crippen LogP contribution in [0.5, 0.6) is 0 Å². The van der Waals surface area contributed by atoms with Gasteiger partial charge in [-0.2, -0.15) is 0 Å². The Morgan fingerprint density at radius 3 is 2.44 bits per heavy atom. The molecule has 0 bridgehead atoms. The van der Waals surface area contributed by atoms with Crippen LogP contribution in [0, 0.1) is 0 Å². The van der Waals surface area contributed by atoms with Crippen molar-refractivity contribution in [2.24, 2.45) is 0 Å². The topological polar surface area (TPSA) is 53.7 Å². The van der Waals surface area contributed by atoms with E-state index in [2.05, 4.69) is 4.98 Å². The maximum absolute atomic E-state index is 5.60. The summed E-state index contributed by atoms with van der Waals surface area (Å²) in [6.45, 7) is 0. The van der Waals surface area contributed by atoms with E-state index < -0.39 is 8.80 Å². The van der Waals surface area contributed by atoms with E-state index in [4.69, 9.17) is 17.7 Å². The Morgan fingerprint density at radius 1 is 1.17 bits per heavy atom. The number of para-hydroxylation sites is 2. The zero-order chi connectivity index (χ0) is 13.0. The minimum Gasteiger partial charge on any atom is -0.431 e. The van der Waals surface area contributed by atoms with Gasteiger partial charge in [0.2, 0.25) is 0 Å². The summed E-state index contributed by atoms with van der Waals surface area (Å²) in [6, 6.07) is 7.65. The predicted octanol–water partition coefficient (Wildman–Crippen LogP) is 2.34. The zero-order valence-corrected chi connectivity index (χ0v) is 12.3. The summed E-state index contributed by atoms with van der Waals surface area (Å²) in [5, 5.41) is 1.16. The summed E-state index contributed by atoms with van der Waals surface area (Å²) in [5.41, 5.74) is 1.62. The van der Waals surface area contributed by atoms with Gasteiger partial charge in [0.15, 0.2) is 5.58 Å². The highest BCUT2D eigenvalue weighted by Gasteiger charge is 2.38. The fourth-order valence-electron chi connectivity index (χ4n) is 1.49. The van der Waals surface area contributed by atoms with Crippen LogP contribution >= 0.6 is 11.8 Å². The molecule has 1 aromatic heterocycles. The molecule has 0 radical (unpaired) electrons. The molecular weight excluding hydrogens is 270 g/mol. The Morgan fingerprint density at radius 2 is 1.83 bits per heavy atom. The summed E-state index contributed by atoms with van der Waals surface area (Å²) < 4.78 is 21.6. The van der Waals surface area contributed by atoms with Crippen LogP contribution in [0.15, 0.2) is 33.9 Å². The van der Waals surface area contributed by atoms with Crippen LogP contribution in [-0.2, 0) is 13.3 Å². The molecule has 0 N–H and O–H groups in total. The molecule has 2 rings (SSSR count). The maximum Gasteiger partial charge on any atom is 0.511 e. The number of thioether (sulfide) groups is 1. The average Bonchev–Trinajstić information content (AvgIpc) is 2.84. The third-order valence-electron chi connectivity index (χ3n) is 2.58. The minimum absolute atomic E-state index is 0.559. The second kappa shape index (κ2) is 5.85. The minimum atomic E-state index is -2.59. The Bertz CT molecular complexity index is 473. The van der Waals surface area contributed by atoms with E-state index in [1.165, 1.54) is 11.8 Å². The van der Waals surface area contributed by atoms with Gasteiger partial charge in [0.05, 0.1) is 5.38 Å². The number of rotatable bonds is 6. The third-order valence-corrected chi connectivity index (χ3v) is 6.86. The van der Waals surface area contributed by atoms with Gasteiger partial charge in [0.1, 0.15) is 5.52 Å². The average molecular weight is 285 g/mol. The van der Waals surface area contributed by atoms with Gasteiger partial charge in [-0.1, -0.05) is 23.9 Å². The first-order valence-corrected chi connectivity index (χ1v) is 8.28. The van der Waals surface area contributed by atoms with Crippen molar-refractivity contribution in [1.82, 2.24) is 4.98 Å². The zero-order valence-electron chi connectivity index (χ0n) is 10.5. The van der Waals surface area contributed by atoms with Crippen molar-refractivity contribution in [3.63, 3.8) is 0 Å². The molecule has 0 aliphatic heterocycles. The number of aromatic nitrogens is 1. The second-order valence-electron chi connectivity index (χ2n) is 3.53. The molecule has 18 heavy (non-hydrogen) atoms. The van der Waals surface area contributed by atoms with Crippen LogP contribution in [0.1, 0.15) is 0 Å². The number of nitrogens with zero attached hydrogens (tertiary/aromatic N) is 1. The quantitative estimate of drug-likeness (QED) is 0.600. The summed E-state index contributed by atoms with van der Waals surface area (Å²) in [5.74, 6) is 0. The highest BCUT2D eigenvalue weighted by atomic mass is 32.2. The molecule has 0 saturated heterocycles. The Balaban J connectivity index is 2.09. The number of hydrogen-bond donors (Lipinski definition) is 0. The third kappa shape index (κ3) is 2.75. The van der Waals surface area contributed by atoms with Crippen LogP contribution in [0.2, 0.25) is 0 Å². The van der Waals surface area contributed by atoms with Crippen molar-refractivity contribution >= 4 is 31.7 Å². The molecule has 98 valence electrons. The normalized spacial score (nSPS) is 12.2. The molecule has 1 heterocycles. The number of oxazole rings is 1. The molecule has 0 unspecified atom stereocenters. The Hall–Kier alpha value is -0.863. The maximum atomic E-state index is 5.60. The lowest BCUT2D eigenvalue weighted by Gasteiger charge is -2.22. The van der Waals surface area contributed by atoms with Gasteiger partial charge in [-0.25, -0.2) is 4.98 Å². The SMILES string of the molecule is CO[Si](CSc1nc2ccccc2o1)(OC)OC. The van der Waals surface area contributed by atoms with Crippen LogP contribution in [0.3, 0.4) is 0 Å². The first-order chi connectivity index (χ1) is 8.73. The molecule has 0 amide bonds. The fourth-order valence-corrected chi connectivity index (χ4v) is 4.92. The molecule has 0 spiro atoms. The van der Waals surface area contributed by atoms with Gasteiger partial charge in [0, 0.05) is 21.3 Å². The van der Waals surface area contributed by atoms with E-state index >= 15 is 0 Å². The Labute approximate surface area is 111 Å². The summed E-state index contributed by atoms with van der Waals surface area (Å²) in [7, 11) is 2.18. The number of hydrogen-bond acceptors (Lipinski definition) is 6. The van der Waals surface area contributed by atoms with Crippen molar-refractivity contribution in [3.05, 3.63) is 24.3 Å². The van der Waals surface area contributed by atoms with E-state index in [0.29, 0.717) is 10.6 Å². The first-order valence-electron chi connectivity index (χ1n) is 5.37. The van der Waals surface area contributed by atoms with Gasteiger partial charge in [0.25, 0.3) is 5.22 Å². The van der Waals surface area contributed by atoms with Gasteiger partial charge in [-0.05, 0) is 12.1 Å². The van der Waals surface area contributed by atoms with Crippen LogP contribution < -0.4 is 0 Å². The number of benzene rings is 1. The molecule has 2 aromatic rings. The van der Waals surface area contributed by atoms with Gasteiger partial charge < -0.3 is 17.7 Å². The molecule has 7 heteroatoms. The molecule has 0 atom stereocenters. The fraction of sp³-hybridized carbons (Fsp3) is 0.364. The van der Waals surface area contributed by atoms with Gasteiger partial charge >= 0.3 is 8.80 Å². The van der Waals surface area contributed by atoms with E-state index in [-0.39, 0.29) is 0 Å². The van der Waals surface area contributed by atoms with Crippen molar-refractivity contribution in [3.8, 4) is 0 Å². The molecule has 0 aliphatic rings. The Kier molecular flexibility index (Phi) is 4.41. The first kappa shape index (κ1) is 13.6. The van der Waals surface area contributed by atoms with Crippen LogP contribution in [0.25, 0.3) is 11.1 Å². The van der Waals surface area contributed by atoms with Gasteiger partial charge in [-0.15, -0.1) is 0 Å². The monoisotopic (exact) mass is 285 g/mol. The van der Waals surface area contributed by atoms with Crippen molar-refractivity contribution in [2.75, 3.05) is 26.7 Å². The lowest BCUT2D eigenvalue weighted by Crippen LogP contribution is -2.46. The molecule has 0 aliphatic carbocycles. The molecule has 0 fully saturated rings. The second-order valence-corrected chi connectivity index (χ2v) is 7.91. The lowest BCUT2D eigenvalue weighted by atomic mass is 10.3. The van der Waals surface area contributed by atoms with E-state index in [1.807, 2.05) is 24.3 Å². The lowest BCUT2D eigenvalue weighted by molar-refractivity contribution is 0.130. The smallest absolute Gasteiger partial charge is 0.431 e. The summed E-state index contributed by atoms with van der Waals surface area (Å²) in [4.78, 5) is 4.37. The largest absolute Gasteiger partial charge is 0.511 e. The number of fused-ring (bicyclic) bond motifs is 1. The van der Waals surface area contributed by atoms with E-state index in [0.717, 1.165) is 11.1 Å². The standard InChI is InChI=1S/C11H15NO4SSi/c1-13-18(14-2,15-3)8-17-11-12-9-6-4-5-7-10(9)16-11/h4-7H,8H2,1-3H3. The molecule has 1 aromatic carbocycles. The molecular formula is C11H15NO4SSi. The summed E-state index contributed by atoms with van der Waals surface area (Å²) in [6.07, 6.45) is 0. The van der Waals surface area contributed by atoms with Crippen molar-refractivity contribution in [1.29, 1.82) is 0 Å². The highest BCUT2D eigenvalue weighted by molar-refractivity contribution is 8.00.